The van der Waals surface area contributed by atoms with Crippen molar-refractivity contribution in [1.82, 2.24) is 0 Å². The molecule has 1 atom stereocenters. The molecule has 1 fully saturated rings. The molecule has 14 heavy (non-hydrogen) atoms. The molecule has 0 saturated carbocycles. The molecule has 0 radical (unpaired) electrons. The van der Waals surface area contributed by atoms with Crippen molar-refractivity contribution in [2.24, 2.45) is 5.92 Å². The van der Waals surface area contributed by atoms with Crippen molar-refractivity contribution in [3.8, 4) is 0 Å². The number of ether oxygens (including phenoxy) is 1. The number of rotatable bonds is 3. The standard InChI is InChI=1S/C9H14O4S/c1-7(2)9(10)13-5-8-3-4-14(11,12)6-8/h8H,1,3-6H2,2H3. The molecule has 0 aromatic carbocycles. The molecule has 0 bridgehead atoms. The second-order valence-corrected chi connectivity index (χ2v) is 5.88. The van der Waals surface area contributed by atoms with Crippen molar-refractivity contribution in [2.45, 2.75) is 13.3 Å². The Labute approximate surface area is 83.9 Å². The van der Waals surface area contributed by atoms with E-state index in [1.165, 1.54) is 0 Å². The van der Waals surface area contributed by atoms with Crippen molar-refractivity contribution in [3.63, 3.8) is 0 Å². The van der Waals surface area contributed by atoms with Gasteiger partial charge in [-0.15, -0.1) is 0 Å². The highest BCUT2D eigenvalue weighted by Gasteiger charge is 2.28. The van der Waals surface area contributed by atoms with Crippen LogP contribution in [0.15, 0.2) is 12.2 Å². The quantitative estimate of drug-likeness (QED) is 0.512. The zero-order chi connectivity index (χ0) is 10.8. The predicted molar refractivity (Wildman–Crippen MR) is 52.5 cm³/mol. The summed E-state index contributed by atoms with van der Waals surface area (Å²) < 4.78 is 27.0. The van der Waals surface area contributed by atoms with Gasteiger partial charge in [0.1, 0.15) is 0 Å². The Bertz CT molecular complexity index is 342. The van der Waals surface area contributed by atoms with E-state index >= 15 is 0 Å². The maximum Gasteiger partial charge on any atom is 0.333 e. The van der Waals surface area contributed by atoms with Gasteiger partial charge < -0.3 is 4.74 Å². The highest BCUT2D eigenvalue weighted by Crippen LogP contribution is 2.18. The molecular weight excluding hydrogens is 204 g/mol. The normalized spacial score (nSPS) is 24.5. The molecule has 0 aromatic rings. The molecule has 1 heterocycles. The first-order chi connectivity index (χ1) is 6.41. The molecule has 1 aliphatic rings. The predicted octanol–water partition coefficient (Wildman–Crippen LogP) is 0.540. The number of carbonyl (C=O) groups excluding carboxylic acids is 1. The Hall–Kier alpha value is -0.840. The van der Waals surface area contributed by atoms with Crippen LogP contribution in [0.25, 0.3) is 0 Å². The first-order valence-electron chi connectivity index (χ1n) is 4.44. The van der Waals surface area contributed by atoms with E-state index in [2.05, 4.69) is 6.58 Å². The fourth-order valence-corrected chi connectivity index (χ4v) is 3.16. The van der Waals surface area contributed by atoms with E-state index < -0.39 is 15.8 Å². The van der Waals surface area contributed by atoms with Gasteiger partial charge in [-0.2, -0.15) is 0 Å². The molecule has 0 N–H and O–H groups in total. The van der Waals surface area contributed by atoms with Crippen LogP contribution in [0.1, 0.15) is 13.3 Å². The van der Waals surface area contributed by atoms with Crippen LogP contribution < -0.4 is 0 Å². The van der Waals surface area contributed by atoms with Gasteiger partial charge in [0.25, 0.3) is 0 Å². The van der Waals surface area contributed by atoms with Crippen LogP contribution >= 0.6 is 0 Å². The number of esters is 1. The molecule has 1 aliphatic heterocycles. The second kappa shape index (κ2) is 4.13. The van der Waals surface area contributed by atoms with Gasteiger partial charge in [-0.25, -0.2) is 13.2 Å². The van der Waals surface area contributed by atoms with E-state index in [1.54, 1.807) is 6.92 Å². The SMILES string of the molecule is C=C(C)C(=O)OCC1CCS(=O)(=O)C1. The van der Waals surface area contributed by atoms with Crippen molar-refractivity contribution in [2.75, 3.05) is 18.1 Å². The van der Waals surface area contributed by atoms with Crippen molar-refractivity contribution in [3.05, 3.63) is 12.2 Å². The summed E-state index contributed by atoms with van der Waals surface area (Å²) in [6.45, 7) is 5.18. The van der Waals surface area contributed by atoms with Gasteiger partial charge in [-0.1, -0.05) is 6.58 Å². The smallest absolute Gasteiger partial charge is 0.333 e. The van der Waals surface area contributed by atoms with E-state index in [9.17, 15) is 13.2 Å². The fourth-order valence-electron chi connectivity index (χ4n) is 1.32. The molecular formula is C9H14O4S. The summed E-state index contributed by atoms with van der Waals surface area (Å²) in [6.07, 6.45) is 0.589. The molecule has 0 amide bonds. The summed E-state index contributed by atoms with van der Waals surface area (Å²) in [5.41, 5.74) is 0.339. The van der Waals surface area contributed by atoms with Gasteiger partial charge in [-0.05, 0) is 13.3 Å². The third-order valence-electron chi connectivity index (χ3n) is 2.13. The topological polar surface area (TPSA) is 60.4 Å². The molecule has 1 saturated heterocycles. The summed E-state index contributed by atoms with van der Waals surface area (Å²) in [5.74, 6) is -0.142. The third-order valence-corrected chi connectivity index (χ3v) is 3.96. The number of sulfone groups is 1. The van der Waals surface area contributed by atoms with Crippen molar-refractivity contribution in [1.29, 1.82) is 0 Å². The summed E-state index contributed by atoms with van der Waals surface area (Å²) >= 11 is 0. The maximum atomic E-state index is 11.1. The van der Waals surface area contributed by atoms with Gasteiger partial charge >= 0.3 is 5.97 Å². The number of hydrogen-bond donors (Lipinski definition) is 0. The second-order valence-electron chi connectivity index (χ2n) is 3.65. The van der Waals surface area contributed by atoms with Crippen LogP contribution in [0.4, 0.5) is 0 Å². The fraction of sp³-hybridized carbons (Fsp3) is 0.667. The average Bonchev–Trinajstić information content (AvgIpc) is 2.41. The Kier molecular flexibility index (Phi) is 3.31. The van der Waals surface area contributed by atoms with E-state index in [-0.39, 0.29) is 24.0 Å². The van der Waals surface area contributed by atoms with E-state index in [4.69, 9.17) is 4.74 Å². The van der Waals surface area contributed by atoms with E-state index in [1.807, 2.05) is 0 Å². The van der Waals surface area contributed by atoms with Crippen LogP contribution in [-0.4, -0.2) is 32.5 Å². The van der Waals surface area contributed by atoms with Crippen molar-refractivity contribution < 1.29 is 17.9 Å². The monoisotopic (exact) mass is 218 g/mol. The van der Waals surface area contributed by atoms with Crippen LogP contribution in [0.3, 0.4) is 0 Å². The average molecular weight is 218 g/mol. The molecule has 0 aliphatic carbocycles. The van der Waals surface area contributed by atoms with Gasteiger partial charge in [0.15, 0.2) is 9.84 Å². The summed E-state index contributed by atoms with van der Waals surface area (Å²) in [7, 11) is -2.88. The lowest BCUT2D eigenvalue weighted by molar-refractivity contribution is -0.140. The minimum Gasteiger partial charge on any atom is -0.462 e. The molecule has 80 valence electrons. The van der Waals surface area contributed by atoms with Crippen LogP contribution in [-0.2, 0) is 19.4 Å². The summed E-state index contributed by atoms with van der Waals surface area (Å²) in [6, 6.07) is 0. The molecule has 1 unspecified atom stereocenters. The Balaban J connectivity index is 2.35. The lowest BCUT2D eigenvalue weighted by atomic mass is 10.1. The van der Waals surface area contributed by atoms with Crippen LogP contribution in [0, 0.1) is 5.92 Å². The third kappa shape index (κ3) is 3.14. The minimum absolute atomic E-state index is 0.0386. The molecule has 1 rings (SSSR count). The van der Waals surface area contributed by atoms with E-state index in [0.29, 0.717) is 12.0 Å². The van der Waals surface area contributed by atoms with Crippen LogP contribution in [0.2, 0.25) is 0 Å². The zero-order valence-electron chi connectivity index (χ0n) is 8.15. The Morgan fingerprint density at radius 3 is 2.64 bits per heavy atom. The number of carbonyl (C=O) groups is 1. The van der Waals surface area contributed by atoms with Gasteiger partial charge in [0.05, 0.1) is 18.1 Å². The Morgan fingerprint density at radius 1 is 1.57 bits per heavy atom. The molecule has 0 spiro atoms. The largest absolute Gasteiger partial charge is 0.462 e. The van der Waals surface area contributed by atoms with Gasteiger partial charge in [0, 0.05) is 11.5 Å². The summed E-state index contributed by atoms with van der Waals surface area (Å²) in [5, 5.41) is 0. The zero-order valence-corrected chi connectivity index (χ0v) is 8.97. The highest BCUT2D eigenvalue weighted by molar-refractivity contribution is 7.91. The first kappa shape index (κ1) is 11.2. The molecule has 4 nitrogen and oxygen atoms in total. The maximum absolute atomic E-state index is 11.1. The number of hydrogen-bond acceptors (Lipinski definition) is 4. The van der Waals surface area contributed by atoms with Crippen LogP contribution in [0.5, 0.6) is 0 Å². The van der Waals surface area contributed by atoms with E-state index in [0.717, 1.165) is 0 Å². The molecule has 5 heteroatoms. The van der Waals surface area contributed by atoms with Gasteiger partial charge in [0.2, 0.25) is 0 Å². The minimum atomic E-state index is -2.88. The molecule has 0 aromatic heterocycles. The lowest BCUT2D eigenvalue weighted by Crippen LogP contribution is -2.15. The highest BCUT2D eigenvalue weighted by atomic mass is 32.2. The van der Waals surface area contributed by atoms with Gasteiger partial charge in [-0.3, -0.25) is 0 Å². The Morgan fingerprint density at radius 2 is 2.21 bits per heavy atom. The lowest BCUT2D eigenvalue weighted by Gasteiger charge is -2.08. The van der Waals surface area contributed by atoms with Crippen molar-refractivity contribution >= 4 is 15.8 Å². The first-order valence-corrected chi connectivity index (χ1v) is 6.26. The summed E-state index contributed by atoms with van der Waals surface area (Å²) in [4.78, 5) is 11.0.